The minimum absolute atomic E-state index is 0.225. The molecular formula is C18H23NO3. The Hall–Kier alpha value is -2.33. The van der Waals surface area contributed by atoms with Crippen LogP contribution in [0.15, 0.2) is 66.5 Å². The van der Waals surface area contributed by atoms with Crippen LogP contribution in [0.1, 0.15) is 18.9 Å². The van der Waals surface area contributed by atoms with Gasteiger partial charge in [0.1, 0.15) is 12.6 Å². The number of carbonyl (C=O) groups excluding carboxylic acids is 1. The standard InChI is InChI=1S/C18H23NO3/c1-4-15(11-10-14(2)21-3)12-17(19)18(20)22-13-16-8-6-5-7-9-16/h4-11,17H,1,12-13,19H2,2-3H3/b14-10+,15-11+/t17-/m0/s1. The number of methoxy groups -OCH3 is 1. The van der Waals surface area contributed by atoms with E-state index >= 15 is 0 Å². The van der Waals surface area contributed by atoms with Crippen LogP contribution in [0, 0.1) is 0 Å². The van der Waals surface area contributed by atoms with Crippen LogP contribution in [0.5, 0.6) is 0 Å². The summed E-state index contributed by atoms with van der Waals surface area (Å²) in [4.78, 5) is 11.9. The van der Waals surface area contributed by atoms with Gasteiger partial charge in [-0.15, -0.1) is 0 Å². The lowest BCUT2D eigenvalue weighted by molar-refractivity contribution is -0.146. The summed E-state index contributed by atoms with van der Waals surface area (Å²) < 4.78 is 10.3. The van der Waals surface area contributed by atoms with Crippen LogP contribution in [0.4, 0.5) is 0 Å². The first-order chi connectivity index (χ1) is 10.6. The third kappa shape index (κ3) is 6.41. The maximum absolute atomic E-state index is 11.9. The van der Waals surface area contributed by atoms with Crippen LogP contribution in [0.25, 0.3) is 0 Å². The van der Waals surface area contributed by atoms with Gasteiger partial charge in [0.2, 0.25) is 0 Å². The molecule has 0 aliphatic carbocycles. The predicted octanol–water partition coefficient (Wildman–Crippen LogP) is 3.11. The molecule has 0 saturated carbocycles. The molecule has 0 bridgehead atoms. The molecular weight excluding hydrogens is 278 g/mol. The van der Waals surface area contributed by atoms with Crippen LogP contribution in [-0.2, 0) is 20.9 Å². The zero-order valence-electron chi connectivity index (χ0n) is 13.1. The molecule has 0 spiro atoms. The van der Waals surface area contributed by atoms with Gasteiger partial charge in [-0.2, -0.15) is 0 Å². The lowest BCUT2D eigenvalue weighted by Crippen LogP contribution is -2.32. The molecule has 4 nitrogen and oxygen atoms in total. The van der Waals surface area contributed by atoms with Crippen molar-refractivity contribution in [1.82, 2.24) is 0 Å². The Labute approximate surface area is 131 Å². The SMILES string of the molecule is C=C/C(=C\C=C(/C)OC)C[C@H](N)C(=O)OCc1ccccc1. The van der Waals surface area contributed by atoms with Crippen molar-refractivity contribution in [3.05, 3.63) is 72.0 Å². The summed E-state index contributed by atoms with van der Waals surface area (Å²) in [5, 5.41) is 0. The lowest BCUT2D eigenvalue weighted by atomic mass is 10.1. The highest BCUT2D eigenvalue weighted by atomic mass is 16.5. The second-order valence-electron chi connectivity index (χ2n) is 4.83. The number of hydrogen-bond donors (Lipinski definition) is 1. The molecule has 1 aromatic rings. The second-order valence-corrected chi connectivity index (χ2v) is 4.83. The van der Waals surface area contributed by atoms with Crippen molar-refractivity contribution < 1.29 is 14.3 Å². The number of allylic oxidation sites excluding steroid dienone is 4. The lowest BCUT2D eigenvalue weighted by Gasteiger charge is -2.12. The predicted molar refractivity (Wildman–Crippen MR) is 87.9 cm³/mol. The first-order valence-electron chi connectivity index (χ1n) is 7.06. The van der Waals surface area contributed by atoms with Crippen molar-refractivity contribution >= 4 is 5.97 Å². The summed E-state index contributed by atoms with van der Waals surface area (Å²) in [6, 6.07) is 8.77. The number of esters is 1. The Kier molecular flexibility index (Phi) is 7.72. The van der Waals surface area contributed by atoms with E-state index < -0.39 is 12.0 Å². The smallest absolute Gasteiger partial charge is 0.323 e. The largest absolute Gasteiger partial charge is 0.501 e. The number of rotatable bonds is 8. The zero-order chi connectivity index (χ0) is 16.4. The molecule has 1 aromatic carbocycles. The Morgan fingerprint density at radius 3 is 2.59 bits per heavy atom. The van der Waals surface area contributed by atoms with E-state index in [4.69, 9.17) is 15.2 Å². The van der Waals surface area contributed by atoms with Gasteiger partial charge in [-0.3, -0.25) is 4.79 Å². The summed E-state index contributed by atoms with van der Waals surface area (Å²) in [5.41, 5.74) is 7.66. The van der Waals surface area contributed by atoms with Crippen LogP contribution in [0.3, 0.4) is 0 Å². The van der Waals surface area contributed by atoms with Gasteiger partial charge in [0, 0.05) is 0 Å². The highest BCUT2D eigenvalue weighted by Gasteiger charge is 2.15. The van der Waals surface area contributed by atoms with Crippen LogP contribution in [-0.4, -0.2) is 19.1 Å². The van der Waals surface area contributed by atoms with Crippen molar-refractivity contribution in [1.29, 1.82) is 0 Å². The fourth-order valence-corrected chi connectivity index (χ4v) is 1.68. The second kappa shape index (κ2) is 9.58. The van der Waals surface area contributed by atoms with E-state index in [1.54, 1.807) is 19.3 Å². The van der Waals surface area contributed by atoms with Gasteiger partial charge in [-0.05, 0) is 30.6 Å². The molecule has 0 saturated heterocycles. The third-order valence-corrected chi connectivity index (χ3v) is 3.10. The minimum atomic E-state index is -0.718. The summed E-state index contributed by atoms with van der Waals surface area (Å²) in [6.45, 7) is 5.79. The van der Waals surface area contributed by atoms with Crippen LogP contribution >= 0.6 is 0 Å². The highest BCUT2D eigenvalue weighted by molar-refractivity contribution is 5.76. The van der Waals surface area contributed by atoms with E-state index in [-0.39, 0.29) is 6.61 Å². The van der Waals surface area contributed by atoms with E-state index in [0.717, 1.165) is 16.9 Å². The molecule has 0 radical (unpaired) electrons. The van der Waals surface area contributed by atoms with E-state index in [1.807, 2.05) is 43.3 Å². The topological polar surface area (TPSA) is 61.5 Å². The zero-order valence-corrected chi connectivity index (χ0v) is 13.1. The van der Waals surface area contributed by atoms with Gasteiger partial charge < -0.3 is 15.2 Å². The van der Waals surface area contributed by atoms with Gasteiger partial charge in [-0.25, -0.2) is 0 Å². The van der Waals surface area contributed by atoms with Crippen LogP contribution in [0.2, 0.25) is 0 Å². The van der Waals surface area contributed by atoms with E-state index in [9.17, 15) is 4.79 Å². The monoisotopic (exact) mass is 301 g/mol. The molecule has 1 rings (SSSR count). The summed E-state index contributed by atoms with van der Waals surface area (Å²) in [7, 11) is 1.60. The summed E-state index contributed by atoms with van der Waals surface area (Å²) >= 11 is 0. The average Bonchev–Trinajstić information content (AvgIpc) is 2.56. The van der Waals surface area contributed by atoms with Crippen molar-refractivity contribution in [3.63, 3.8) is 0 Å². The number of benzene rings is 1. The molecule has 0 amide bonds. The van der Waals surface area contributed by atoms with Gasteiger partial charge in [0.05, 0.1) is 12.9 Å². The quantitative estimate of drug-likeness (QED) is 0.455. The number of carbonyl (C=O) groups is 1. The third-order valence-electron chi connectivity index (χ3n) is 3.10. The van der Waals surface area contributed by atoms with Gasteiger partial charge >= 0.3 is 5.97 Å². The van der Waals surface area contributed by atoms with E-state index in [2.05, 4.69) is 6.58 Å². The van der Waals surface area contributed by atoms with Crippen LogP contribution < -0.4 is 5.73 Å². The Bertz CT molecular complexity index is 547. The first-order valence-corrected chi connectivity index (χ1v) is 7.06. The molecule has 0 heterocycles. The normalized spacial score (nSPS) is 13.4. The minimum Gasteiger partial charge on any atom is -0.501 e. The molecule has 2 N–H and O–H groups in total. The van der Waals surface area contributed by atoms with Crippen molar-refractivity contribution in [3.8, 4) is 0 Å². The summed E-state index contributed by atoms with van der Waals surface area (Å²) in [5.74, 6) is 0.337. The Morgan fingerprint density at radius 2 is 2.00 bits per heavy atom. The van der Waals surface area contributed by atoms with Gasteiger partial charge in [0.15, 0.2) is 0 Å². The van der Waals surface area contributed by atoms with Crippen molar-refractivity contribution in [2.24, 2.45) is 5.73 Å². The highest BCUT2D eigenvalue weighted by Crippen LogP contribution is 2.09. The molecule has 0 fully saturated rings. The molecule has 1 atom stereocenters. The van der Waals surface area contributed by atoms with Gasteiger partial charge in [-0.1, -0.05) is 49.1 Å². The molecule has 0 aliphatic heterocycles. The number of hydrogen-bond acceptors (Lipinski definition) is 4. The molecule has 0 unspecified atom stereocenters. The van der Waals surface area contributed by atoms with E-state index in [0.29, 0.717) is 6.42 Å². The molecule has 4 heteroatoms. The first kappa shape index (κ1) is 17.7. The van der Waals surface area contributed by atoms with Gasteiger partial charge in [0.25, 0.3) is 0 Å². The van der Waals surface area contributed by atoms with E-state index in [1.165, 1.54) is 0 Å². The molecule has 0 aliphatic rings. The van der Waals surface area contributed by atoms with Crippen molar-refractivity contribution in [2.45, 2.75) is 26.0 Å². The summed E-state index contributed by atoms with van der Waals surface area (Å²) in [6.07, 6.45) is 5.67. The fourth-order valence-electron chi connectivity index (χ4n) is 1.68. The Morgan fingerprint density at radius 1 is 1.32 bits per heavy atom. The average molecular weight is 301 g/mol. The molecule has 0 aromatic heterocycles. The maximum atomic E-state index is 11.9. The molecule has 22 heavy (non-hydrogen) atoms. The fraction of sp³-hybridized carbons (Fsp3) is 0.278. The number of nitrogens with two attached hydrogens (primary N) is 1. The van der Waals surface area contributed by atoms with Crippen molar-refractivity contribution in [2.75, 3.05) is 7.11 Å². The maximum Gasteiger partial charge on any atom is 0.323 e. The molecule has 118 valence electrons. The number of ether oxygens (including phenoxy) is 2. The Balaban J connectivity index is 2.53.